The highest BCUT2D eigenvalue weighted by Crippen LogP contribution is 2.29. The number of ether oxygens (including phenoxy) is 1. The molecular formula is C17H25FO2Si. The molecule has 0 aliphatic carbocycles. The van der Waals surface area contributed by atoms with Gasteiger partial charge in [0.1, 0.15) is 11.6 Å². The first-order valence-electron chi connectivity index (χ1n) is 8.16. The first kappa shape index (κ1) is 16.2. The Kier molecular flexibility index (Phi) is 6.42. The number of unbranched alkanes of at least 4 members (excludes halogenated alkanes) is 2. The number of esters is 1. The van der Waals surface area contributed by atoms with Gasteiger partial charge in [0.05, 0.1) is 5.92 Å². The van der Waals surface area contributed by atoms with Gasteiger partial charge >= 0.3 is 5.97 Å². The number of hydrogen-bond acceptors (Lipinski definition) is 2. The van der Waals surface area contributed by atoms with E-state index in [4.69, 9.17) is 4.74 Å². The molecule has 2 nitrogen and oxygen atoms in total. The summed E-state index contributed by atoms with van der Waals surface area (Å²) >= 11 is 0. The Labute approximate surface area is 128 Å². The van der Waals surface area contributed by atoms with Crippen molar-refractivity contribution in [3.8, 4) is 5.75 Å². The van der Waals surface area contributed by atoms with Crippen molar-refractivity contribution in [2.75, 3.05) is 0 Å². The molecule has 1 heterocycles. The summed E-state index contributed by atoms with van der Waals surface area (Å²) in [7, 11) is -0.586. The van der Waals surface area contributed by atoms with Crippen LogP contribution in [0.1, 0.15) is 39.0 Å². The van der Waals surface area contributed by atoms with Gasteiger partial charge in [0.2, 0.25) is 0 Å². The monoisotopic (exact) mass is 308 g/mol. The fourth-order valence-electron chi connectivity index (χ4n) is 3.07. The van der Waals surface area contributed by atoms with Gasteiger partial charge in [-0.25, -0.2) is 4.39 Å². The average molecular weight is 308 g/mol. The maximum atomic E-state index is 12.8. The van der Waals surface area contributed by atoms with Crippen LogP contribution in [0.15, 0.2) is 24.3 Å². The van der Waals surface area contributed by atoms with Crippen molar-refractivity contribution >= 4 is 14.8 Å². The van der Waals surface area contributed by atoms with E-state index in [1.165, 1.54) is 61.7 Å². The largest absolute Gasteiger partial charge is 0.426 e. The number of benzene rings is 1. The van der Waals surface area contributed by atoms with Gasteiger partial charge in [0.25, 0.3) is 0 Å². The topological polar surface area (TPSA) is 26.3 Å². The Morgan fingerprint density at radius 1 is 1.24 bits per heavy atom. The lowest BCUT2D eigenvalue weighted by molar-refractivity contribution is -0.139. The molecule has 0 amide bonds. The smallest absolute Gasteiger partial charge is 0.314 e. The van der Waals surface area contributed by atoms with Crippen LogP contribution in [0, 0.1) is 11.7 Å². The van der Waals surface area contributed by atoms with E-state index in [0.717, 1.165) is 12.8 Å². The standard InChI is InChI=1S/C17H25FO2Si/c1-2-3-4-11-21-12-9-14(10-13-21)17(19)20-16-7-5-15(18)6-8-16/h5-8,14,21H,2-4,9-13H2,1H3/t14-,21-. The van der Waals surface area contributed by atoms with Gasteiger partial charge in [-0.05, 0) is 37.1 Å². The second-order valence-corrected chi connectivity index (χ2v) is 9.55. The van der Waals surface area contributed by atoms with Gasteiger partial charge in [0.15, 0.2) is 0 Å². The van der Waals surface area contributed by atoms with Gasteiger partial charge in [-0.2, -0.15) is 0 Å². The highest BCUT2D eigenvalue weighted by molar-refractivity contribution is 6.59. The van der Waals surface area contributed by atoms with Crippen LogP contribution < -0.4 is 4.74 Å². The van der Waals surface area contributed by atoms with Crippen molar-refractivity contribution in [3.05, 3.63) is 30.1 Å². The summed E-state index contributed by atoms with van der Waals surface area (Å²) in [6, 6.07) is 9.64. The van der Waals surface area contributed by atoms with Crippen molar-refractivity contribution < 1.29 is 13.9 Å². The maximum Gasteiger partial charge on any atom is 0.314 e. The van der Waals surface area contributed by atoms with Gasteiger partial charge < -0.3 is 4.74 Å². The van der Waals surface area contributed by atoms with Crippen molar-refractivity contribution in [1.82, 2.24) is 0 Å². The summed E-state index contributed by atoms with van der Waals surface area (Å²) in [5.41, 5.74) is 0. The predicted molar refractivity (Wildman–Crippen MR) is 85.9 cm³/mol. The Balaban J connectivity index is 1.74. The highest BCUT2D eigenvalue weighted by atomic mass is 28.3. The lowest BCUT2D eigenvalue weighted by atomic mass is 10.0. The quantitative estimate of drug-likeness (QED) is 0.333. The summed E-state index contributed by atoms with van der Waals surface area (Å²) in [5.74, 6) is 0.0460. The molecule has 0 atom stereocenters. The number of carbonyl (C=O) groups excluding carboxylic acids is 1. The molecule has 0 aromatic heterocycles. The second kappa shape index (κ2) is 8.32. The molecule has 0 N–H and O–H groups in total. The highest BCUT2D eigenvalue weighted by Gasteiger charge is 2.28. The molecule has 0 spiro atoms. The minimum absolute atomic E-state index is 0.0463. The summed E-state index contributed by atoms with van der Waals surface area (Å²) in [6.45, 7) is 2.24. The van der Waals surface area contributed by atoms with Crippen LogP contribution >= 0.6 is 0 Å². The number of rotatable bonds is 6. The lowest BCUT2D eigenvalue weighted by Gasteiger charge is -2.26. The molecular weight excluding hydrogens is 283 g/mol. The number of hydrogen-bond donors (Lipinski definition) is 0. The van der Waals surface area contributed by atoms with Crippen molar-refractivity contribution in [2.45, 2.75) is 57.2 Å². The van der Waals surface area contributed by atoms with Crippen LogP contribution in [0.2, 0.25) is 18.1 Å². The van der Waals surface area contributed by atoms with Crippen LogP contribution in [-0.2, 0) is 4.79 Å². The SMILES string of the molecule is CCCCC[Si@H]1CC[C@H](C(=O)Oc2ccc(F)cc2)CC1. The fourth-order valence-corrected chi connectivity index (χ4v) is 6.55. The van der Waals surface area contributed by atoms with E-state index in [0.29, 0.717) is 5.75 Å². The van der Waals surface area contributed by atoms with E-state index in [1.807, 2.05) is 0 Å². The summed E-state index contributed by atoms with van der Waals surface area (Å²) in [5, 5.41) is 0. The molecule has 0 saturated carbocycles. The predicted octanol–water partition coefficient (Wildman–Crippen LogP) is 4.56. The average Bonchev–Trinajstić information content (AvgIpc) is 2.50. The Bertz CT molecular complexity index is 439. The van der Waals surface area contributed by atoms with Crippen LogP contribution in [0.3, 0.4) is 0 Å². The molecule has 1 fully saturated rings. The summed E-state index contributed by atoms with van der Waals surface area (Å²) in [4.78, 5) is 12.1. The zero-order chi connectivity index (χ0) is 15.1. The first-order chi connectivity index (χ1) is 10.2. The van der Waals surface area contributed by atoms with E-state index >= 15 is 0 Å². The maximum absolute atomic E-state index is 12.8. The zero-order valence-corrected chi connectivity index (χ0v) is 14.0. The molecule has 0 bridgehead atoms. The Morgan fingerprint density at radius 2 is 1.90 bits per heavy atom. The molecule has 116 valence electrons. The van der Waals surface area contributed by atoms with Crippen molar-refractivity contribution in [2.24, 2.45) is 5.92 Å². The molecule has 0 radical (unpaired) electrons. The van der Waals surface area contributed by atoms with Gasteiger partial charge in [0, 0.05) is 8.80 Å². The third kappa shape index (κ3) is 5.27. The summed E-state index contributed by atoms with van der Waals surface area (Å²) < 4.78 is 18.2. The molecule has 1 aromatic carbocycles. The third-order valence-electron chi connectivity index (χ3n) is 4.43. The van der Waals surface area contributed by atoms with Crippen LogP contribution in [0.5, 0.6) is 5.75 Å². The molecule has 1 aliphatic rings. The van der Waals surface area contributed by atoms with E-state index in [-0.39, 0.29) is 17.7 Å². The molecule has 1 aromatic rings. The van der Waals surface area contributed by atoms with E-state index in [9.17, 15) is 9.18 Å². The number of carbonyl (C=O) groups is 1. The molecule has 4 heteroatoms. The van der Waals surface area contributed by atoms with E-state index in [2.05, 4.69) is 6.92 Å². The minimum atomic E-state index is -0.586. The van der Waals surface area contributed by atoms with Gasteiger partial charge in [-0.1, -0.05) is 44.3 Å². The summed E-state index contributed by atoms with van der Waals surface area (Å²) in [6.07, 6.45) is 5.98. The lowest BCUT2D eigenvalue weighted by Crippen LogP contribution is -2.28. The van der Waals surface area contributed by atoms with Crippen LogP contribution in [-0.4, -0.2) is 14.8 Å². The zero-order valence-electron chi connectivity index (χ0n) is 12.8. The van der Waals surface area contributed by atoms with Gasteiger partial charge in [-0.3, -0.25) is 4.79 Å². The van der Waals surface area contributed by atoms with Crippen LogP contribution in [0.4, 0.5) is 4.39 Å². The molecule has 0 unspecified atom stereocenters. The third-order valence-corrected chi connectivity index (χ3v) is 7.95. The normalized spacial score (nSPS) is 22.0. The fraction of sp³-hybridized carbons (Fsp3) is 0.588. The first-order valence-corrected chi connectivity index (χ1v) is 10.6. The van der Waals surface area contributed by atoms with Crippen molar-refractivity contribution in [1.29, 1.82) is 0 Å². The Hall–Kier alpha value is -1.16. The minimum Gasteiger partial charge on any atom is -0.426 e. The van der Waals surface area contributed by atoms with E-state index < -0.39 is 8.80 Å². The molecule has 21 heavy (non-hydrogen) atoms. The second-order valence-electron chi connectivity index (χ2n) is 6.09. The van der Waals surface area contributed by atoms with E-state index in [1.54, 1.807) is 0 Å². The molecule has 2 rings (SSSR count). The number of halogens is 1. The molecule has 1 saturated heterocycles. The van der Waals surface area contributed by atoms with Crippen LogP contribution in [0.25, 0.3) is 0 Å². The van der Waals surface area contributed by atoms with Crippen molar-refractivity contribution in [3.63, 3.8) is 0 Å². The Morgan fingerprint density at radius 3 is 2.52 bits per heavy atom. The van der Waals surface area contributed by atoms with Gasteiger partial charge in [-0.15, -0.1) is 0 Å². The molecule has 1 aliphatic heterocycles.